The molecule has 0 saturated carbocycles. The molecule has 0 unspecified atom stereocenters. The smallest absolute Gasteiger partial charge is 0.337 e. The number of halogens is 1. The number of hydrogen-bond donors (Lipinski definition) is 2. The first kappa shape index (κ1) is 17.2. The minimum absolute atomic E-state index is 0.391. The maximum atomic E-state index is 11.6. The largest absolute Gasteiger partial charge is 0.465 e. The molecule has 0 aliphatic heterocycles. The Bertz CT molecular complexity index is 762. The molecule has 0 radical (unpaired) electrons. The van der Waals surface area contributed by atoms with Crippen LogP contribution >= 0.6 is 23.8 Å². The molecule has 0 bridgehead atoms. The van der Waals surface area contributed by atoms with Gasteiger partial charge in [0.1, 0.15) is 0 Å². The molecule has 2 rings (SSSR count). The standard InChI is InChI=1S/C17H17ClN2O2S/c1-10-7-8-12(16(21)22-3)9-15(10)20-17(23)19-14-6-4-5-13(18)11(14)2/h4-9H,1-3H3,(H2,19,20,23). The van der Waals surface area contributed by atoms with Crippen LogP contribution in [0.1, 0.15) is 21.5 Å². The van der Waals surface area contributed by atoms with Crippen LogP contribution in [0.3, 0.4) is 0 Å². The SMILES string of the molecule is COC(=O)c1ccc(C)c(NC(=S)Nc2cccc(Cl)c2C)c1. The highest BCUT2D eigenvalue weighted by Crippen LogP contribution is 2.23. The second-order valence-electron chi connectivity index (χ2n) is 5.01. The molecule has 0 atom stereocenters. The maximum Gasteiger partial charge on any atom is 0.337 e. The van der Waals surface area contributed by atoms with Crippen molar-refractivity contribution < 1.29 is 9.53 Å². The zero-order valence-corrected chi connectivity index (χ0v) is 14.6. The monoisotopic (exact) mass is 348 g/mol. The Labute approximate surface area is 145 Å². The fourth-order valence-electron chi connectivity index (χ4n) is 2.02. The van der Waals surface area contributed by atoms with Crippen LogP contribution in [0.5, 0.6) is 0 Å². The van der Waals surface area contributed by atoms with Gasteiger partial charge >= 0.3 is 5.97 Å². The van der Waals surface area contributed by atoms with Gasteiger partial charge in [-0.1, -0.05) is 23.7 Å². The van der Waals surface area contributed by atoms with Crippen molar-refractivity contribution in [3.8, 4) is 0 Å². The fourth-order valence-corrected chi connectivity index (χ4v) is 2.41. The summed E-state index contributed by atoms with van der Waals surface area (Å²) >= 11 is 11.4. The van der Waals surface area contributed by atoms with Crippen LogP contribution in [0.2, 0.25) is 5.02 Å². The molecule has 0 aliphatic rings. The van der Waals surface area contributed by atoms with E-state index in [-0.39, 0.29) is 0 Å². The molecule has 0 heterocycles. The van der Waals surface area contributed by atoms with Crippen LogP contribution < -0.4 is 10.6 Å². The van der Waals surface area contributed by atoms with Gasteiger partial charge < -0.3 is 15.4 Å². The Morgan fingerprint density at radius 2 is 1.83 bits per heavy atom. The minimum atomic E-state index is -0.391. The third-order valence-corrected chi connectivity index (χ3v) is 4.04. The summed E-state index contributed by atoms with van der Waals surface area (Å²) in [5.41, 5.74) is 3.91. The maximum absolute atomic E-state index is 11.6. The van der Waals surface area contributed by atoms with Crippen LogP contribution in [-0.2, 0) is 4.74 Å². The van der Waals surface area contributed by atoms with E-state index in [0.717, 1.165) is 22.5 Å². The number of rotatable bonds is 3. The lowest BCUT2D eigenvalue weighted by Crippen LogP contribution is -2.20. The van der Waals surface area contributed by atoms with Crippen LogP contribution in [0.4, 0.5) is 11.4 Å². The predicted octanol–water partition coefficient (Wildman–Crippen LogP) is 4.55. The quantitative estimate of drug-likeness (QED) is 0.629. The molecular formula is C17H17ClN2O2S. The van der Waals surface area contributed by atoms with Crippen LogP contribution in [0.25, 0.3) is 0 Å². The van der Waals surface area contributed by atoms with Crippen LogP contribution in [0, 0.1) is 13.8 Å². The lowest BCUT2D eigenvalue weighted by Gasteiger charge is -2.15. The molecule has 4 nitrogen and oxygen atoms in total. The summed E-state index contributed by atoms with van der Waals surface area (Å²) in [6, 6.07) is 10.8. The van der Waals surface area contributed by atoms with E-state index in [1.165, 1.54) is 7.11 Å². The Morgan fingerprint density at radius 3 is 2.52 bits per heavy atom. The Morgan fingerprint density at radius 1 is 1.13 bits per heavy atom. The number of esters is 1. The molecule has 0 aliphatic carbocycles. The molecule has 0 saturated heterocycles. The molecule has 2 aromatic rings. The van der Waals surface area contributed by atoms with Crippen LogP contribution in [-0.4, -0.2) is 18.2 Å². The number of carbonyl (C=O) groups is 1. The van der Waals surface area contributed by atoms with E-state index >= 15 is 0 Å². The molecule has 23 heavy (non-hydrogen) atoms. The van der Waals surface area contributed by atoms with Gasteiger partial charge in [-0.15, -0.1) is 0 Å². The second-order valence-corrected chi connectivity index (χ2v) is 5.83. The van der Waals surface area contributed by atoms with Gasteiger partial charge in [-0.05, 0) is 61.5 Å². The molecule has 120 valence electrons. The van der Waals surface area contributed by atoms with E-state index in [4.69, 9.17) is 28.6 Å². The number of benzene rings is 2. The number of anilines is 2. The molecular weight excluding hydrogens is 332 g/mol. The normalized spacial score (nSPS) is 10.1. The summed E-state index contributed by atoms with van der Waals surface area (Å²) in [5.74, 6) is -0.391. The van der Waals surface area contributed by atoms with Gasteiger partial charge in [0, 0.05) is 16.4 Å². The third kappa shape index (κ3) is 4.21. The molecule has 0 aromatic heterocycles. The van der Waals surface area contributed by atoms with Crippen molar-refractivity contribution in [2.24, 2.45) is 0 Å². The first-order valence-corrected chi connectivity index (χ1v) is 7.73. The number of carbonyl (C=O) groups excluding carboxylic acids is 1. The van der Waals surface area contributed by atoms with E-state index in [0.29, 0.717) is 15.7 Å². The Kier molecular flexibility index (Phi) is 5.58. The zero-order valence-electron chi connectivity index (χ0n) is 13.1. The van der Waals surface area contributed by atoms with E-state index in [2.05, 4.69) is 10.6 Å². The first-order valence-electron chi connectivity index (χ1n) is 6.94. The number of methoxy groups -OCH3 is 1. The van der Waals surface area contributed by atoms with Gasteiger partial charge in [-0.3, -0.25) is 0 Å². The van der Waals surface area contributed by atoms with Crippen molar-refractivity contribution in [2.45, 2.75) is 13.8 Å². The lowest BCUT2D eigenvalue weighted by molar-refractivity contribution is 0.0601. The van der Waals surface area contributed by atoms with Crippen molar-refractivity contribution >= 4 is 46.3 Å². The van der Waals surface area contributed by atoms with Crippen molar-refractivity contribution in [3.05, 3.63) is 58.1 Å². The summed E-state index contributed by atoms with van der Waals surface area (Å²) in [6.45, 7) is 3.84. The van der Waals surface area contributed by atoms with Gasteiger partial charge in [0.15, 0.2) is 5.11 Å². The van der Waals surface area contributed by atoms with Gasteiger partial charge in [0.2, 0.25) is 0 Å². The summed E-state index contributed by atoms with van der Waals surface area (Å²) in [5, 5.41) is 7.29. The topological polar surface area (TPSA) is 50.4 Å². The molecule has 6 heteroatoms. The summed E-state index contributed by atoms with van der Waals surface area (Å²) in [7, 11) is 1.35. The van der Waals surface area contributed by atoms with Gasteiger partial charge in [-0.25, -0.2) is 4.79 Å². The Balaban J connectivity index is 2.17. The lowest BCUT2D eigenvalue weighted by atomic mass is 10.1. The highest BCUT2D eigenvalue weighted by molar-refractivity contribution is 7.80. The average Bonchev–Trinajstić information content (AvgIpc) is 2.53. The average molecular weight is 349 g/mol. The molecule has 2 N–H and O–H groups in total. The second kappa shape index (κ2) is 7.44. The summed E-state index contributed by atoms with van der Waals surface area (Å²) in [6.07, 6.45) is 0. The summed E-state index contributed by atoms with van der Waals surface area (Å²) < 4.78 is 4.73. The molecule has 2 aromatic carbocycles. The van der Waals surface area contributed by atoms with Crippen molar-refractivity contribution in [3.63, 3.8) is 0 Å². The number of thiocarbonyl (C=S) groups is 1. The molecule has 0 fully saturated rings. The summed E-state index contributed by atoms with van der Waals surface area (Å²) in [4.78, 5) is 11.6. The van der Waals surface area contributed by atoms with Crippen molar-refractivity contribution in [1.29, 1.82) is 0 Å². The highest BCUT2D eigenvalue weighted by Gasteiger charge is 2.10. The highest BCUT2D eigenvalue weighted by atomic mass is 35.5. The van der Waals surface area contributed by atoms with E-state index in [1.807, 2.05) is 38.1 Å². The first-order chi connectivity index (χ1) is 10.9. The number of ether oxygens (including phenoxy) is 1. The van der Waals surface area contributed by atoms with Crippen molar-refractivity contribution in [1.82, 2.24) is 0 Å². The number of hydrogen-bond acceptors (Lipinski definition) is 3. The predicted molar refractivity (Wildman–Crippen MR) is 98.6 cm³/mol. The fraction of sp³-hybridized carbons (Fsp3) is 0.176. The van der Waals surface area contributed by atoms with E-state index in [1.54, 1.807) is 12.1 Å². The van der Waals surface area contributed by atoms with Gasteiger partial charge in [0.25, 0.3) is 0 Å². The van der Waals surface area contributed by atoms with Gasteiger partial charge in [-0.2, -0.15) is 0 Å². The molecule has 0 amide bonds. The molecule has 0 spiro atoms. The Hall–Kier alpha value is -2.11. The zero-order chi connectivity index (χ0) is 17.0. The number of aryl methyl sites for hydroxylation is 1. The van der Waals surface area contributed by atoms with Crippen LogP contribution in [0.15, 0.2) is 36.4 Å². The van der Waals surface area contributed by atoms with E-state index < -0.39 is 5.97 Å². The minimum Gasteiger partial charge on any atom is -0.465 e. The van der Waals surface area contributed by atoms with Crippen molar-refractivity contribution in [2.75, 3.05) is 17.7 Å². The van der Waals surface area contributed by atoms with Gasteiger partial charge in [0.05, 0.1) is 12.7 Å². The number of nitrogens with one attached hydrogen (secondary N) is 2. The third-order valence-electron chi connectivity index (χ3n) is 3.42. The van der Waals surface area contributed by atoms with E-state index in [9.17, 15) is 4.79 Å².